The van der Waals surface area contributed by atoms with Gasteiger partial charge in [0.05, 0.1) is 0 Å². The molecule has 1 unspecified atom stereocenters. The third-order valence-corrected chi connectivity index (χ3v) is 5.53. The zero-order valence-electron chi connectivity index (χ0n) is 14.3. The van der Waals surface area contributed by atoms with E-state index in [0.717, 1.165) is 18.9 Å². The number of likely N-dealkylation sites (tertiary alicyclic amines) is 1. The minimum Gasteiger partial charge on any atom is -0.336 e. The number of amides is 1. The fourth-order valence-corrected chi connectivity index (χ4v) is 4.23. The largest absolute Gasteiger partial charge is 0.336 e. The normalized spacial score (nSPS) is 22.3. The molecule has 2 aromatic heterocycles. The Balaban J connectivity index is 1.61. The lowest BCUT2D eigenvalue weighted by Gasteiger charge is -2.42. The standard InChI is InChI=1S/C17H24N6O/c1-12(2)8-23-11-19-21-15(23)13-9-22(10-17(13)5-3-6-17)16(24)14-4-7-18-20-14/h4,7,11-13H,3,5-6,8-10H2,1-2H3,(H,18,20). The first-order chi connectivity index (χ1) is 11.6. The lowest BCUT2D eigenvalue weighted by Crippen LogP contribution is -2.38. The summed E-state index contributed by atoms with van der Waals surface area (Å²) in [6, 6.07) is 1.74. The van der Waals surface area contributed by atoms with Crippen molar-refractivity contribution >= 4 is 5.91 Å². The van der Waals surface area contributed by atoms with Crippen LogP contribution in [0.25, 0.3) is 0 Å². The number of carbonyl (C=O) groups is 1. The SMILES string of the molecule is CC(C)Cn1cnnc1C1CN(C(=O)c2ccn[nH]2)CC12CCC2. The lowest BCUT2D eigenvalue weighted by molar-refractivity contribution is 0.0717. The van der Waals surface area contributed by atoms with Gasteiger partial charge in [-0.25, -0.2) is 0 Å². The highest BCUT2D eigenvalue weighted by atomic mass is 16.2. The van der Waals surface area contributed by atoms with E-state index in [-0.39, 0.29) is 17.2 Å². The zero-order valence-corrected chi connectivity index (χ0v) is 14.3. The predicted octanol–water partition coefficient (Wildman–Crippen LogP) is 2.07. The van der Waals surface area contributed by atoms with E-state index in [9.17, 15) is 4.79 Å². The van der Waals surface area contributed by atoms with Gasteiger partial charge in [-0.15, -0.1) is 10.2 Å². The minimum atomic E-state index is 0.0381. The molecule has 1 N–H and O–H groups in total. The molecular weight excluding hydrogens is 304 g/mol. The second kappa shape index (κ2) is 5.72. The number of hydrogen-bond donors (Lipinski definition) is 1. The topological polar surface area (TPSA) is 79.7 Å². The lowest BCUT2D eigenvalue weighted by atomic mass is 9.62. The van der Waals surface area contributed by atoms with Crippen molar-refractivity contribution in [2.45, 2.75) is 45.6 Å². The van der Waals surface area contributed by atoms with Crippen molar-refractivity contribution in [2.75, 3.05) is 13.1 Å². The first-order valence-corrected chi connectivity index (χ1v) is 8.75. The van der Waals surface area contributed by atoms with Crippen LogP contribution in [-0.2, 0) is 6.54 Å². The Bertz CT molecular complexity index is 715. The molecule has 7 heteroatoms. The van der Waals surface area contributed by atoms with Gasteiger partial charge in [0.25, 0.3) is 5.91 Å². The van der Waals surface area contributed by atoms with Gasteiger partial charge < -0.3 is 9.47 Å². The molecule has 2 aromatic rings. The van der Waals surface area contributed by atoms with Gasteiger partial charge in [0.1, 0.15) is 17.8 Å². The monoisotopic (exact) mass is 328 g/mol. The van der Waals surface area contributed by atoms with Crippen molar-refractivity contribution in [3.8, 4) is 0 Å². The molecule has 1 aliphatic heterocycles. The molecule has 2 aliphatic rings. The van der Waals surface area contributed by atoms with Crippen LogP contribution in [0.4, 0.5) is 0 Å². The molecule has 1 saturated heterocycles. The van der Waals surface area contributed by atoms with E-state index >= 15 is 0 Å². The third kappa shape index (κ3) is 2.42. The van der Waals surface area contributed by atoms with Gasteiger partial charge in [-0.05, 0) is 30.2 Å². The number of aromatic amines is 1. The van der Waals surface area contributed by atoms with Crippen LogP contribution in [0.3, 0.4) is 0 Å². The second-order valence-corrected chi connectivity index (χ2v) is 7.66. The number of aromatic nitrogens is 5. The van der Waals surface area contributed by atoms with Crippen molar-refractivity contribution in [1.29, 1.82) is 0 Å². The molecule has 1 aliphatic carbocycles. The molecular formula is C17H24N6O. The molecule has 1 spiro atoms. The zero-order chi connectivity index (χ0) is 16.7. The number of nitrogens with one attached hydrogen (secondary N) is 1. The molecule has 7 nitrogen and oxygen atoms in total. The van der Waals surface area contributed by atoms with Crippen molar-refractivity contribution in [3.05, 3.63) is 30.1 Å². The fourth-order valence-electron chi connectivity index (χ4n) is 4.23. The van der Waals surface area contributed by atoms with Gasteiger partial charge in [0, 0.05) is 31.7 Å². The van der Waals surface area contributed by atoms with Gasteiger partial charge in [0.15, 0.2) is 0 Å². The summed E-state index contributed by atoms with van der Waals surface area (Å²) in [5.74, 6) is 1.90. The Kier molecular flexibility index (Phi) is 3.66. The number of rotatable bonds is 4. The summed E-state index contributed by atoms with van der Waals surface area (Å²) in [5.41, 5.74) is 0.742. The van der Waals surface area contributed by atoms with E-state index < -0.39 is 0 Å². The van der Waals surface area contributed by atoms with Crippen LogP contribution in [0.2, 0.25) is 0 Å². The molecule has 2 fully saturated rings. The molecule has 1 atom stereocenters. The molecule has 1 saturated carbocycles. The average Bonchev–Trinajstić information content (AvgIpc) is 3.23. The molecule has 0 radical (unpaired) electrons. The van der Waals surface area contributed by atoms with Gasteiger partial charge in [-0.1, -0.05) is 20.3 Å². The van der Waals surface area contributed by atoms with Gasteiger partial charge in [0.2, 0.25) is 0 Å². The highest BCUT2D eigenvalue weighted by molar-refractivity contribution is 5.92. The average molecular weight is 328 g/mol. The van der Waals surface area contributed by atoms with Crippen LogP contribution < -0.4 is 0 Å². The molecule has 3 heterocycles. The molecule has 1 amide bonds. The number of carbonyl (C=O) groups excluding carboxylic acids is 1. The number of H-pyrrole nitrogens is 1. The van der Waals surface area contributed by atoms with Gasteiger partial charge >= 0.3 is 0 Å². The van der Waals surface area contributed by atoms with E-state index in [2.05, 4.69) is 38.8 Å². The van der Waals surface area contributed by atoms with Crippen LogP contribution in [0.5, 0.6) is 0 Å². The molecule has 24 heavy (non-hydrogen) atoms. The first-order valence-electron chi connectivity index (χ1n) is 8.75. The van der Waals surface area contributed by atoms with Crippen LogP contribution >= 0.6 is 0 Å². The van der Waals surface area contributed by atoms with Gasteiger partial charge in [-0.2, -0.15) is 5.10 Å². The van der Waals surface area contributed by atoms with E-state index in [1.807, 2.05) is 11.2 Å². The summed E-state index contributed by atoms with van der Waals surface area (Å²) in [6.45, 7) is 6.85. The molecule has 128 valence electrons. The van der Waals surface area contributed by atoms with Crippen molar-refractivity contribution in [3.63, 3.8) is 0 Å². The van der Waals surface area contributed by atoms with Crippen LogP contribution in [0.15, 0.2) is 18.6 Å². The maximum absolute atomic E-state index is 12.7. The van der Waals surface area contributed by atoms with Crippen molar-refractivity contribution < 1.29 is 4.79 Å². The number of hydrogen-bond acceptors (Lipinski definition) is 4. The molecule has 0 bridgehead atoms. The second-order valence-electron chi connectivity index (χ2n) is 7.66. The minimum absolute atomic E-state index is 0.0381. The van der Waals surface area contributed by atoms with Gasteiger partial charge in [-0.3, -0.25) is 9.89 Å². The molecule has 0 aromatic carbocycles. The Hall–Kier alpha value is -2.18. The Morgan fingerprint density at radius 2 is 2.29 bits per heavy atom. The van der Waals surface area contributed by atoms with E-state index in [4.69, 9.17) is 0 Å². The first kappa shape index (κ1) is 15.4. The summed E-state index contributed by atoms with van der Waals surface area (Å²) in [7, 11) is 0. The van der Waals surface area contributed by atoms with E-state index in [1.165, 1.54) is 19.3 Å². The third-order valence-electron chi connectivity index (χ3n) is 5.53. The van der Waals surface area contributed by atoms with Crippen LogP contribution in [-0.4, -0.2) is 48.9 Å². The summed E-state index contributed by atoms with van der Waals surface area (Å²) in [6.07, 6.45) is 7.03. The number of nitrogens with zero attached hydrogens (tertiary/aromatic N) is 5. The summed E-state index contributed by atoms with van der Waals surface area (Å²) in [5, 5.41) is 15.3. The Morgan fingerprint density at radius 3 is 2.92 bits per heavy atom. The summed E-state index contributed by atoms with van der Waals surface area (Å²) >= 11 is 0. The smallest absolute Gasteiger partial charge is 0.271 e. The Morgan fingerprint density at radius 1 is 1.46 bits per heavy atom. The quantitative estimate of drug-likeness (QED) is 0.932. The van der Waals surface area contributed by atoms with E-state index in [1.54, 1.807) is 12.3 Å². The molecule has 4 rings (SSSR count). The Labute approximate surface area is 141 Å². The van der Waals surface area contributed by atoms with E-state index in [0.29, 0.717) is 18.2 Å². The fraction of sp³-hybridized carbons (Fsp3) is 0.647. The van der Waals surface area contributed by atoms with Crippen LogP contribution in [0, 0.1) is 11.3 Å². The van der Waals surface area contributed by atoms with Crippen LogP contribution in [0.1, 0.15) is 55.3 Å². The maximum atomic E-state index is 12.7. The van der Waals surface area contributed by atoms with Crippen molar-refractivity contribution in [2.24, 2.45) is 11.3 Å². The predicted molar refractivity (Wildman–Crippen MR) is 88.4 cm³/mol. The highest BCUT2D eigenvalue weighted by Gasteiger charge is 2.53. The maximum Gasteiger partial charge on any atom is 0.271 e. The highest BCUT2D eigenvalue weighted by Crippen LogP contribution is 2.55. The summed E-state index contributed by atoms with van der Waals surface area (Å²) in [4.78, 5) is 14.7. The van der Waals surface area contributed by atoms with Crippen molar-refractivity contribution in [1.82, 2.24) is 29.9 Å². The summed E-state index contributed by atoms with van der Waals surface area (Å²) < 4.78 is 2.18.